The van der Waals surface area contributed by atoms with E-state index in [1.54, 1.807) is 0 Å². The molecule has 0 bridgehead atoms. The molecule has 2 rings (SSSR count). The first-order valence-electron chi connectivity index (χ1n) is 4.97. The topological polar surface area (TPSA) is 59.4 Å². The molecule has 0 amide bonds. The van der Waals surface area contributed by atoms with Crippen LogP contribution in [-0.4, -0.2) is 23.2 Å². The summed E-state index contributed by atoms with van der Waals surface area (Å²) >= 11 is 1.12. The maximum absolute atomic E-state index is 11.0. The molecule has 5 heteroatoms. The van der Waals surface area contributed by atoms with Crippen molar-refractivity contribution >= 4 is 17.3 Å². The minimum atomic E-state index is -1.02. The Morgan fingerprint density at radius 2 is 2.00 bits per heavy atom. The molecule has 0 saturated carbocycles. The zero-order chi connectivity index (χ0) is 12.4. The summed E-state index contributed by atoms with van der Waals surface area (Å²) in [6.07, 6.45) is 0. The van der Waals surface area contributed by atoms with Crippen LogP contribution in [-0.2, 0) is 0 Å². The van der Waals surface area contributed by atoms with E-state index < -0.39 is 5.97 Å². The van der Waals surface area contributed by atoms with Gasteiger partial charge in [-0.25, -0.2) is 9.78 Å². The number of nitrogens with zero attached hydrogens (tertiary/aromatic N) is 1. The van der Waals surface area contributed by atoms with Gasteiger partial charge in [0.2, 0.25) is 5.88 Å². The Balaban J connectivity index is 2.46. The van der Waals surface area contributed by atoms with Crippen molar-refractivity contribution in [1.29, 1.82) is 0 Å². The largest absolute Gasteiger partial charge is 0.480 e. The predicted octanol–water partition coefficient (Wildman–Crippen LogP) is 2.83. The smallest absolute Gasteiger partial charge is 0.351 e. The monoisotopic (exact) mass is 249 g/mol. The molecule has 1 aromatic carbocycles. The molecule has 0 aliphatic heterocycles. The van der Waals surface area contributed by atoms with Crippen LogP contribution in [0.4, 0.5) is 0 Å². The summed E-state index contributed by atoms with van der Waals surface area (Å²) in [5.41, 5.74) is 2.04. The molecule has 0 unspecified atom stereocenters. The van der Waals surface area contributed by atoms with Gasteiger partial charge in [0.25, 0.3) is 0 Å². The van der Waals surface area contributed by atoms with Crippen molar-refractivity contribution < 1.29 is 14.6 Å². The van der Waals surface area contributed by atoms with Gasteiger partial charge in [-0.15, -0.1) is 11.3 Å². The first kappa shape index (κ1) is 11.6. The number of hydrogen-bond donors (Lipinski definition) is 1. The fourth-order valence-corrected chi connectivity index (χ4v) is 2.28. The number of rotatable bonds is 3. The quantitative estimate of drug-likeness (QED) is 0.908. The van der Waals surface area contributed by atoms with Crippen molar-refractivity contribution in [2.45, 2.75) is 6.92 Å². The number of aryl methyl sites for hydroxylation is 1. The Labute approximate surface area is 103 Å². The van der Waals surface area contributed by atoms with Crippen LogP contribution in [0.15, 0.2) is 24.3 Å². The van der Waals surface area contributed by atoms with E-state index >= 15 is 0 Å². The molecular formula is C12H11NO3S. The molecule has 0 saturated heterocycles. The fourth-order valence-electron chi connectivity index (χ4n) is 1.40. The highest BCUT2D eigenvalue weighted by molar-refractivity contribution is 7.17. The summed E-state index contributed by atoms with van der Waals surface area (Å²) in [5, 5.41) is 9.64. The number of carboxylic acid groups (broad SMARTS) is 1. The van der Waals surface area contributed by atoms with Gasteiger partial charge in [-0.2, -0.15) is 0 Å². The zero-order valence-corrected chi connectivity index (χ0v) is 10.2. The summed E-state index contributed by atoms with van der Waals surface area (Å²) in [7, 11) is 1.42. The lowest BCUT2D eigenvalue weighted by atomic mass is 10.2. The molecule has 1 heterocycles. The molecule has 1 N–H and O–H groups in total. The minimum Gasteiger partial charge on any atom is -0.480 e. The summed E-state index contributed by atoms with van der Waals surface area (Å²) in [4.78, 5) is 15.3. The lowest BCUT2D eigenvalue weighted by molar-refractivity contribution is 0.0698. The van der Waals surface area contributed by atoms with Crippen molar-refractivity contribution in [3.63, 3.8) is 0 Å². The second-order valence-corrected chi connectivity index (χ2v) is 4.53. The molecule has 0 aliphatic rings. The number of carboxylic acids is 1. The van der Waals surface area contributed by atoms with Crippen molar-refractivity contribution in [3.8, 4) is 16.5 Å². The number of carbonyl (C=O) groups is 1. The molecule has 0 spiro atoms. The second-order valence-electron chi connectivity index (χ2n) is 3.53. The molecule has 0 fully saturated rings. The third-order valence-electron chi connectivity index (χ3n) is 2.28. The third-order valence-corrected chi connectivity index (χ3v) is 3.36. The van der Waals surface area contributed by atoms with Crippen LogP contribution in [0.3, 0.4) is 0 Å². The first-order chi connectivity index (χ1) is 8.11. The van der Waals surface area contributed by atoms with Crippen molar-refractivity contribution in [3.05, 3.63) is 34.7 Å². The lowest BCUT2D eigenvalue weighted by Crippen LogP contribution is -1.95. The van der Waals surface area contributed by atoms with Crippen LogP contribution in [0.25, 0.3) is 10.6 Å². The van der Waals surface area contributed by atoms with Gasteiger partial charge in [-0.3, -0.25) is 0 Å². The third kappa shape index (κ3) is 2.29. The number of aromatic nitrogens is 1. The average molecular weight is 249 g/mol. The van der Waals surface area contributed by atoms with Crippen LogP contribution in [0, 0.1) is 6.92 Å². The molecule has 0 atom stereocenters. The Kier molecular flexibility index (Phi) is 3.10. The first-order valence-corrected chi connectivity index (χ1v) is 5.78. The SMILES string of the molecule is COc1nc(-c2ccc(C)cc2)sc1C(=O)O. The molecule has 17 heavy (non-hydrogen) atoms. The zero-order valence-electron chi connectivity index (χ0n) is 9.43. The summed E-state index contributed by atoms with van der Waals surface area (Å²) in [5.74, 6) is -0.851. The van der Waals surface area contributed by atoms with E-state index in [0.717, 1.165) is 22.5 Å². The van der Waals surface area contributed by atoms with Crippen LogP contribution >= 0.6 is 11.3 Å². The summed E-state index contributed by atoms with van der Waals surface area (Å²) in [6.45, 7) is 1.99. The van der Waals surface area contributed by atoms with Crippen molar-refractivity contribution in [2.24, 2.45) is 0 Å². The number of benzene rings is 1. The predicted molar refractivity (Wildman–Crippen MR) is 65.8 cm³/mol. The highest BCUT2D eigenvalue weighted by Gasteiger charge is 2.18. The minimum absolute atomic E-state index is 0.128. The maximum atomic E-state index is 11.0. The molecule has 88 valence electrons. The lowest BCUT2D eigenvalue weighted by Gasteiger charge is -1.96. The van der Waals surface area contributed by atoms with Crippen LogP contribution in [0.5, 0.6) is 5.88 Å². The summed E-state index contributed by atoms with van der Waals surface area (Å²) in [6, 6.07) is 7.76. The second kappa shape index (κ2) is 4.55. The van der Waals surface area contributed by atoms with E-state index in [4.69, 9.17) is 9.84 Å². The van der Waals surface area contributed by atoms with Crippen molar-refractivity contribution in [2.75, 3.05) is 7.11 Å². The van der Waals surface area contributed by atoms with E-state index in [2.05, 4.69) is 4.98 Å². The van der Waals surface area contributed by atoms with Gasteiger partial charge >= 0.3 is 5.97 Å². The van der Waals surface area contributed by atoms with Crippen LogP contribution < -0.4 is 4.74 Å². The van der Waals surface area contributed by atoms with Crippen LogP contribution in [0.1, 0.15) is 15.2 Å². The fraction of sp³-hybridized carbons (Fsp3) is 0.167. The highest BCUT2D eigenvalue weighted by atomic mass is 32.1. The summed E-state index contributed by atoms with van der Waals surface area (Å²) < 4.78 is 4.95. The Bertz CT molecular complexity index is 545. The molecule has 0 radical (unpaired) electrons. The molecule has 4 nitrogen and oxygen atoms in total. The Hall–Kier alpha value is -1.88. The van der Waals surface area contributed by atoms with Gasteiger partial charge < -0.3 is 9.84 Å². The van der Waals surface area contributed by atoms with Gasteiger partial charge in [-0.1, -0.05) is 29.8 Å². The number of aromatic carboxylic acids is 1. The van der Waals surface area contributed by atoms with Gasteiger partial charge in [0.15, 0.2) is 4.88 Å². The number of thiazole rings is 1. The van der Waals surface area contributed by atoms with E-state index in [1.165, 1.54) is 7.11 Å². The molecule has 1 aromatic heterocycles. The van der Waals surface area contributed by atoms with E-state index in [-0.39, 0.29) is 10.8 Å². The highest BCUT2D eigenvalue weighted by Crippen LogP contribution is 2.32. The Morgan fingerprint density at radius 3 is 2.47 bits per heavy atom. The van der Waals surface area contributed by atoms with Crippen LogP contribution in [0.2, 0.25) is 0 Å². The van der Waals surface area contributed by atoms with Gasteiger partial charge in [-0.05, 0) is 6.92 Å². The van der Waals surface area contributed by atoms with Gasteiger partial charge in [0.1, 0.15) is 5.01 Å². The van der Waals surface area contributed by atoms with Gasteiger partial charge in [0, 0.05) is 5.56 Å². The normalized spacial score (nSPS) is 10.2. The molecule has 2 aromatic rings. The van der Waals surface area contributed by atoms with E-state index in [9.17, 15) is 4.79 Å². The van der Waals surface area contributed by atoms with Crippen molar-refractivity contribution in [1.82, 2.24) is 4.98 Å². The number of methoxy groups -OCH3 is 1. The number of ether oxygens (including phenoxy) is 1. The van der Waals surface area contributed by atoms with E-state index in [0.29, 0.717) is 5.01 Å². The maximum Gasteiger partial charge on any atom is 0.351 e. The number of hydrogen-bond acceptors (Lipinski definition) is 4. The standard InChI is InChI=1S/C12H11NO3S/c1-7-3-5-8(6-4-7)11-13-10(16-2)9(17-11)12(14)15/h3-6H,1-2H3,(H,14,15). The Morgan fingerprint density at radius 1 is 1.35 bits per heavy atom. The molecular weight excluding hydrogens is 238 g/mol. The molecule has 0 aliphatic carbocycles. The van der Waals surface area contributed by atoms with E-state index in [1.807, 2.05) is 31.2 Å². The average Bonchev–Trinajstić information content (AvgIpc) is 2.74. The van der Waals surface area contributed by atoms with Gasteiger partial charge in [0.05, 0.1) is 7.11 Å².